The molecule has 4 nitrogen and oxygen atoms in total. The van der Waals surface area contributed by atoms with Crippen molar-refractivity contribution in [3.8, 4) is 0 Å². The molecule has 4 heteroatoms. The molecule has 2 unspecified atom stereocenters. The standard InChI is InChI=1S/C15H19N3O/c1-3-11-4-6-12(7-5-11)13-10-14-15(19)17(2)8-9-18(14)16-13/h4-9,13-14,16H,3,10H2,1-2H3. The number of hydrazine groups is 1. The fourth-order valence-corrected chi connectivity index (χ4v) is 2.70. The van der Waals surface area contributed by atoms with Crippen LogP contribution in [0.1, 0.15) is 30.5 Å². The van der Waals surface area contributed by atoms with Gasteiger partial charge in [-0.15, -0.1) is 0 Å². The third kappa shape index (κ3) is 2.12. The van der Waals surface area contributed by atoms with Crippen molar-refractivity contribution < 1.29 is 4.79 Å². The number of likely N-dealkylation sites (N-methyl/N-ethyl adjacent to an activating group) is 1. The lowest BCUT2D eigenvalue weighted by atomic mass is 9.99. The van der Waals surface area contributed by atoms with Crippen LogP contribution in [0.25, 0.3) is 0 Å². The van der Waals surface area contributed by atoms with Crippen molar-refractivity contribution in [2.75, 3.05) is 7.05 Å². The van der Waals surface area contributed by atoms with Crippen LogP contribution in [0.5, 0.6) is 0 Å². The maximum Gasteiger partial charge on any atom is 0.250 e. The first-order valence-electron chi connectivity index (χ1n) is 6.77. The molecule has 0 bridgehead atoms. The first-order chi connectivity index (χ1) is 9.19. The van der Waals surface area contributed by atoms with Crippen molar-refractivity contribution in [3.05, 3.63) is 47.8 Å². The molecule has 1 fully saturated rings. The Bertz CT molecular complexity index is 509. The van der Waals surface area contributed by atoms with E-state index in [0.29, 0.717) is 0 Å². The van der Waals surface area contributed by atoms with Crippen LogP contribution in [0.15, 0.2) is 36.7 Å². The maximum absolute atomic E-state index is 12.1. The topological polar surface area (TPSA) is 35.6 Å². The summed E-state index contributed by atoms with van der Waals surface area (Å²) in [4.78, 5) is 13.7. The molecule has 2 atom stereocenters. The second kappa shape index (κ2) is 4.70. The van der Waals surface area contributed by atoms with Crippen LogP contribution in [0.3, 0.4) is 0 Å². The zero-order valence-corrected chi connectivity index (χ0v) is 11.3. The Morgan fingerprint density at radius 1 is 1.26 bits per heavy atom. The van der Waals surface area contributed by atoms with Crippen molar-refractivity contribution in [1.82, 2.24) is 15.3 Å². The number of carbonyl (C=O) groups excluding carboxylic acids is 1. The Hall–Kier alpha value is -1.81. The van der Waals surface area contributed by atoms with Gasteiger partial charge < -0.3 is 9.91 Å². The fourth-order valence-electron chi connectivity index (χ4n) is 2.70. The molecule has 100 valence electrons. The number of rotatable bonds is 2. The van der Waals surface area contributed by atoms with Gasteiger partial charge in [0.25, 0.3) is 5.91 Å². The summed E-state index contributed by atoms with van der Waals surface area (Å²) >= 11 is 0. The molecule has 0 aliphatic carbocycles. The van der Waals surface area contributed by atoms with Crippen LogP contribution in [-0.2, 0) is 11.2 Å². The molecule has 1 aromatic carbocycles. The van der Waals surface area contributed by atoms with Crippen LogP contribution in [0.2, 0.25) is 0 Å². The maximum atomic E-state index is 12.1. The van der Waals surface area contributed by atoms with Crippen molar-refractivity contribution >= 4 is 5.91 Å². The normalized spacial score (nSPS) is 25.9. The van der Waals surface area contributed by atoms with Gasteiger partial charge in [-0.2, -0.15) is 0 Å². The predicted molar refractivity (Wildman–Crippen MR) is 73.9 cm³/mol. The summed E-state index contributed by atoms with van der Waals surface area (Å²) in [6.07, 6.45) is 5.61. The summed E-state index contributed by atoms with van der Waals surface area (Å²) in [7, 11) is 1.81. The summed E-state index contributed by atoms with van der Waals surface area (Å²) in [5, 5.41) is 1.93. The van der Waals surface area contributed by atoms with Crippen LogP contribution in [0.4, 0.5) is 0 Å². The van der Waals surface area contributed by atoms with Crippen LogP contribution in [0, 0.1) is 0 Å². The van der Waals surface area contributed by atoms with Gasteiger partial charge in [0, 0.05) is 19.4 Å². The van der Waals surface area contributed by atoms with E-state index in [-0.39, 0.29) is 18.0 Å². The number of fused-ring (bicyclic) bond motifs is 1. The van der Waals surface area contributed by atoms with Crippen LogP contribution >= 0.6 is 0 Å². The molecular weight excluding hydrogens is 238 g/mol. The van der Waals surface area contributed by atoms with Gasteiger partial charge in [-0.3, -0.25) is 4.79 Å². The molecular formula is C15H19N3O. The largest absolute Gasteiger partial charge is 0.319 e. The van der Waals surface area contributed by atoms with Gasteiger partial charge in [-0.1, -0.05) is 31.2 Å². The minimum absolute atomic E-state index is 0.0779. The van der Waals surface area contributed by atoms with Crippen molar-refractivity contribution in [1.29, 1.82) is 0 Å². The monoisotopic (exact) mass is 257 g/mol. The number of nitrogens with one attached hydrogen (secondary N) is 1. The third-order valence-corrected chi connectivity index (χ3v) is 3.97. The quantitative estimate of drug-likeness (QED) is 0.877. The minimum atomic E-state index is -0.0779. The molecule has 1 aromatic rings. The third-order valence-electron chi connectivity index (χ3n) is 3.97. The number of hydrogen-bond acceptors (Lipinski definition) is 3. The average molecular weight is 257 g/mol. The van der Waals surface area contributed by atoms with E-state index in [4.69, 9.17) is 0 Å². The zero-order valence-electron chi connectivity index (χ0n) is 11.3. The lowest BCUT2D eigenvalue weighted by Gasteiger charge is -2.29. The van der Waals surface area contributed by atoms with E-state index in [1.54, 1.807) is 18.1 Å². The SMILES string of the molecule is CCc1ccc(C2CC3C(=O)N(C)C=CN3N2)cc1. The Labute approximate surface area is 113 Å². The number of benzene rings is 1. The van der Waals surface area contributed by atoms with Crippen LogP contribution in [-0.4, -0.2) is 28.9 Å². The van der Waals surface area contributed by atoms with Crippen molar-refractivity contribution in [3.63, 3.8) is 0 Å². The van der Waals surface area contributed by atoms with Gasteiger partial charge in [0.2, 0.25) is 0 Å². The van der Waals surface area contributed by atoms with Gasteiger partial charge >= 0.3 is 0 Å². The summed E-state index contributed by atoms with van der Waals surface area (Å²) in [5.74, 6) is 0.155. The number of hydrogen-bond donors (Lipinski definition) is 1. The summed E-state index contributed by atoms with van der Waals surface area (Å²) < 4.78 is 0. The molecule has 2 aliphatic heterocycles. The molecule has 19 heavy (non-hydrogen) atoms. The fraction of sp³-hybridized carbons (Fsp3) is 0.400. The van der Waals surface area contributed by atoms with Gasteiger partial charge in [0.1, 0.15) is 6.04 Å². The highest BCUT2D eigenvalue weighted by molar-refractivity contribution is 5.84. The minimum Gasteiger partial charge on any atom is -0.319 e. The van der Waals surface area contributed by atoms with E-state index >= 15 is 0 Å². The second-order valence-corrected chi connectivity index (χ2v) is 5.18. The van der Waals surface area contributed by atoms with E-state index in [0.717, 1.165) is 12.8 Å². The molecule has 2 heterocycles. The van der Waals surface area contributed by atoms with E-state index in [2.05, 4.69) is 36.6 Å². The van der Waals surface area contributed by atoms with Gasteiger partial charge in [0.05, 0.1) is 6.04 Å². The number of nitrogens with zero attached hydrogens (tertiary/aromatic N) is 2. The molecule has 1 N–H and O–H groups in total. The van der Waals surface area contributed by atoms with E-state index in [1.165, 1.54) is 11.1 Å². The first-order valence-corrected chi connectivity index (χ1v) is 6.77. The lowest BCUT2D eigenvalue weighted by Crippen LogP contribution is -2.46. The highest BCUT2D eigenvalue weighted by atomic mass is 16.2. The smallest absolute Gasteiger partial charge is 0.250 e. The molecule has 0 radical (unpaired) electrons. The Kier molecular flexibility index (Phi) is 3.03. The van der Waals surface area contributed by atoms with Crippen molar-refractivity contribution in [2.24, 2.45) is 0 Å². The molecule has 1 amide bonds. The van der Waals surface area contributed by atoms with E-state index in [1.807, 2.05) is 11.2 Å². The van der Waals surface area contributed by atoms with E-state index < -0.39 is 0 Å². The van der Waals surface area contributed by atoms with E-state index in [9.17, 15) is 4.79 Å². The molecule has 1 saturated heterocycles. The second-order valence-electron chi connectivity index (χ2n) is 5.18. The highest BCUT2D eigenvalue weighted by Gasteiger charge is 2.38. The molecule has 2 aliphatic rings. The number of amides is 1. The molecule has 0 aromatic heterocycles. The number of carbonyl (C=O) groups is 1. The van der Waals surface area contributed by atoms with Crippen molar-refractivity contribution in [2.45, 2.75) is 31.8 Å². The highest BCUT2D eigenvalue weighted by Crippen LogP contribution is 2.30. The summed E-state index contributed by atoms with van der Waals surface area (Å²) in [6, 6.07) is 8.79. The Morgan fingerprint density at radius 2 is 2.00 bits per heavy atom. The lowest BCUT2D eigenvalue weighted by molar-refractivity contribution is -0.133. The molecule has 3 rings (SSSR count). The van der Waals surface area contributed by atoms with Gasteiger partial charge in [-0.25, -0.2) is 5.43 Å². The number of aryl methyl sites for hydroxylation is 1. The molecule has 0 spiro atoms. The summed E-state index contributed by atoms with van der Waals surface area (Å²) in [5.41, 5.74) is 5.99. The van der Waals surface area contributed by atoms with Gasteiger partial charge in [-0.05, 0) is 24.0 Å². The average Bonchev–Trinajstić information content (AvgIpc) is 2.88. The molecule has 0 saturated carbocycles. The predicted octanol–water partition coefficient (Wildman–Crippen LogP) is 1.81. The Balaban J connectivity index is 1.78. The van der Waals surface area contributed by atoms with Gasteiger partial charge in [0.15, 0.2) is 0 Å². The first kappa shape index (κ1) is 12.2. The van der Waals surface area contributed by atoms with Crippen LogP contribution < -0.4 is 5.43 Å². The Morgan fingerprint density at radius 3 is 2.68 bits per heavy atom. The summed E-state index contributed by atoms with van der Waals surface area (Å²) in [6.45, 7) is 2.16. The zero-order chi connectivity index (χ0) is 13.4.